The standard InChI is InChI=1S/C23H23F4N2O8PS/c1-22(2,37-38(31,32)33)8-9-36-20-16(12-28-29-21(20)30)13-5-7-19(39(3,34)35)15(10-13)14-4-6-18(24)17(11-14)23(25,26)27/h4-7,10-12H,8-9H2,1-3H3,(H,29,30)(H2,31,32,33). The average Bonchev–Trinajstić information content (AvgIpc) is 2.77. The van der Waals surface area contributed by atoms with Crippen molar-refractivity contribution in [3.05, 3.63) is 64.3 Å². The normalized spacial score (nSPS) is 12.9. The van der Waals surface area contributed by atoms with Gasteiger partial charge in [0.25, 0.3) is 0 Å². The Kier molecular flexibility index (Phi) is 8.44. The molecule has 0 aliphatic heterocycles. The average molecular weight is 594 g/mol. The Morgan fingerprint density at radius 1 is 1.05 bits per heavy atom. The number of nitrogens with zero attached hydrogens (tertiary/aromatic N) is 1. The quantitative estimate of drug-likeness (QED) is 0.243. The van der Waals surface area contributed by atoms with Gasteiger partial charge in [0, 0.05) is 23.8 Å². The zero-order valence-corrected chi connectivity index (χ0v) is 22.3. The minimum atomic E-state index is -5.04. The molecule has 0 aliphatic rings. The number of sulfone groups is 1. The number of hydrogen-bond acceptors (Lipinski definition) is 7. The SMILES string of the molecule is CC(C)(CCOc1c(-c2ccc(S(C)(=O)=O)c(-c3ccc(F)c(C(F)(F)F)c3)c2)cn[nH]c1=O)OP(=O)(O)O. The number of hydrogen-bond donors (Lipinski definition) is 3. The maximum absolute atomic E-state index is 13.9. The summed E-state index contributed by atoms with van der Waals surface area (Å²) in [5, 5.41) is 5.86. The van der Waals surface area contributed by atoms with Gasteiger partial charge in [0.15, 0.2) is 15.6 Å². The van der Waals surface area contributed by atoms with Gasteiger partial charge in [-0.2, -0.15) is 18.3 Å². The molecular formula is C23H23F4N2O8PS. The molecule has 3 rings (SSSR count). The van der Waals surface area contributed by atoms with E-state index in [1.54, 1.807) is 0 Å². The highest BCUT2D eigenvalue weighted by Crippen LogP contribution is 2.42. The van der Waals surface area contributed by atoms with Gasteiger partial charge in [-0.15, -0.1) is 0 Å². The van der Waals surface area contributed by atoms with Crippen molar-refractivity contribution in [3.8, 4) is 28.0 Å². The number of aromatic nitrogens is 2. The van der Waals surface area contributed by atoms with Crippen LogP contribution in [0.2, 0.25) is 0 Å². The second-order valence-corrected chi connectivity index (χ2v) is 12.2. The number of aromatic amines is 1. The van der Waals surface area contributed by atoms with Crippen LogP contribution in [0.4, 0.5) is 17.6 Å². The lowest BCUT2D eigenvalue weighted by Crippen LogP contribution is -2.26. The molecule has 3 N–H and O–H groups in total. The summed E-state index contributed by atoms with van der Waals surface area (Å²) in [5.41, 5.74) is -4.02. The van der Waals surface area contributed by atoms with Crippen LogP contribution in [0.1, 0.15) is 25.8 Å². The summed E-state index contributed by atoms with van der Waals surface area (Å²) in [4.78, 5) is 30.2. The molecule has 0 atom stereocenters. The summed E-state index contributed by atoms with van der Waals surface area (Å²) < 4.78 is 100. The smallest absolute Gasteiger partial charge is 0.470 e. The Morgan fingerprint density at radius 2 is 1.67 bits per heavy atom. The first-order valence-electron chi connectivity index (χ1n) is 11.0. The van der Waals surface area contributed by atoms with Crippen LogP contribution in [0.15, 0.2) is 52.3 Å². The van der Waals surface area contributed by atoms with Crippen molar-refractivity contribution in [1.82, 2.24) is 10.2 Å². The molecule has 0 aliphatic carbocycles. The molecule has 0 saturated carbocycles. The van der Waals surface area contributed by atoms with Gasteiger partial charge in [0.2, 0.25) is 0 Å². The third-order valence-electron chi connectivity index (χ3n) is 5.40. The summed E-state index contributed by atoms with van der Waals surface area (Å²) in [6.07, 6.45) is -3.10. The third-order valence-corrected chi connectivity index (χ3v) is 7.29. The molecule has 16 heteroatoms. The lowest BCUT2D eigenvalue weighted by molar-refractivity contribution is -0.139. The van der Waals surface area contributed by atoms with Crippen molar-refractivity contribution in [2.75, 3.05) is 12.9 Å². The first-order chi connectivity index (χ1) is 17.8. The van der Waals surface area contributed by atoms with Crippen molar-refractivity contribution < 1.29 is 49.6 Å². The predicted octanol–water partition coefficient (Wildman–Crippen LogP) is 4.32. The van der Waals surface area contributed by atoms with Crippen molar-refractivity contribution in [3.63, 3.8) is 0 Å². The molecule has 0 amide bonds. The maximum Gasteiger partial charge on any atom is 0.470 e. The van der Waals surface area contributed by atoms with Crippen molar-refractivity contribution in [2.45, 2.75) is 36.9 Å². The van der Waals surface area contributed by atoms with E-state index in [0.717, 1.165) is 18.4 Å². The highest BCUT2D eigenvalue weighted by molar-refractivity contribution is 7.90. The number of benzene rings is 2. The molecule has 1 heterocycles. The molecule has 0 radical (unpaired) electrons. The van der Waals surface area contributed by atoms with Crippen LogP contribution in [0, 0.1) is 5.82 Å². The zero-order chi connectivity index (χ0) is 29.4. The maximum atomic E-state index is 13.9. The van der Waals surface area contributed by atoms with E-state index in [4.69, 9.17) is 14.5 Å². The van der Waals surface area contributed by atoms with Gasteiger partial charge >= 0.3 is 19.6 Å². The summed E-state index contributed by atoms with van der Waals surface area (Å²) in [5.74, 6) is -1.84. The second kappa shape index (κ2) is 10.8. The molecule has 10 nitrogen and oxygen atoms in total. The number of halogens is 4. The van der Waals surface area contributed by atoms with E-state index in [0.29, 0.717) is 12.1 Å². The van der Waals surface area contributed by atoms with Gasteiger partial charge in [0.1, 0.15) is 5.82 Å². The van der Waals surface area contributed by atoms with E-state index in [1.165, 1.54) is 32.2 Å². The van der Waals surface area contributed by atoms with Crippen molar-refractivity contribution in [2.24, 2.45) is 0 Å². The molecule has 0 fully saturated rings. The molecular weight excluding hydrogens is 571 g/mol. The summed E-state index contributed by atoms with van der Waals surface area (Å²) in [6.45, 7) is 2.52. The fourth-order valence-electron chi connectivity index (χ4n) is 3.66. The Balaban J connectivity index is 2.09. The van der Waals surface area contributed by atoms with Gasteiger partial charge in [-0.1, -0.05) is 12.1 Å². The minimum Gasteiger partial charge on any atom is -0.487 e. The molecule has 0 saturated heterocycles. The van der Waals surface area contributed by atoms with Crippen LogP contribution in [-0.2, 0) is 25.1 Å². The first-order valence-corrected chi connectivity index (χ1v) is 14.4. The van der Waals surface area contributed by atoms with Crippen molar-refractivity contribution >= 4 is 17.7 Å². The molecule has 2 aromatic carbocycles. The van der Waals surface area contributed by atoms with E-state index >= 15 is 0 Å². The zero-order valence-electron chi connectivity index (χ0n) is 20.6. The molecule has 0 bridgehead atoms. The van der Waals surface area contributed by atoms with Crippen LogP contribution in [0.25, 0.3) is 22.3 Å². The van der Waals surface area contributed by atoms with Gasteiger partial charge < -0.3 is 14.5 Å². The number of nitrogens with one attached hydrogen (secondary N) is 1. The van der Waals surface area contributed by atoms with E-state index in [9.17, 15) is 35.3 Å². The van der Waals surface area contributed by atoms with Crippen LogP contribution in [0.3, 0.4) is 0 Å². The van der Waals surface area contributed by atoms with Crippen LogP contribution >= 0.6 is 7.82 Å². The van der Waals surface area contributed by atoms with E-state index in [-0.39, 0.29) is 45.9 Å². The van der Waals surface area contributed by atoms with Gasteiger partial charge in [0.05, 0.1) is 28.9 Å². The Hall–Kier alpha value is -3.10. The van der Waals surface area contributed by atoms with Crippen LogP contribution < -0.4 is 10.3 Å². The van der Waals surface area contributed by atoms with Gasteiger partial charge in [-0.25, -0.2) is 22.5 Å². The Morgan fingerprint density at radius 3 is 2.26 bits per heavy atom. The number of H-pyrrole nitrogens is 1. The van der Waals surface area contributed by atoms with Gasteiger partial charge in [-0.05, 0) is 49.2 Å². The highest BCUT2D eigenvalue weighted by atomic mass is 32.2. The topological polar surface area (TPSA) is 156 Å². The van der Waals surface area contributed by atoms with Gasteiger partial charge in [-0.3, -0.25) is 9.32 Å². The number of ether oxygens (including phenoxy) is 1. The summed E-state index contributed by atoms with van der Waals surface area (Å²) >= 11 is 0. The molecule has 1 aromatic heterocycles. The highest BCUT2D eigenvalue weighted by Gasteiger charge is 2.35. The largest absolute Gasteiger partial charge is 0.487 e. The third kappa shape index (κ3) is 7.73. The lowest BCUT2D eigenvalue weighted by atomic mass is 9.98. The minimum absolute atomic E-state index is 0.0342. The van der Waals surface area contributed by atoms with Crippen molar-refractivity contribution in [1.29, 1.82) is 0 Å². The first kappa shape index (κ1) is 30.4. The molecule has 39 heavy (non-hydrogen) atoms. The number of rotatable bonds is 9. The van der Waals surface area contributed by atoms with E-state index in [2.05, 4.69) is 14.7 Å². The number of phosphoric ester groups is 1. The molecule has 212 valence electrons. The Labute approximate surface area is 219 Å². The van der Waals surface area contributed by atoms with E-state index in [1.807, 2.05) is 0 Å². The van der Waals surface area contributed by atoms with Crippen LogP contribution in [0.5, 0.6) is 5.75 Å². The fraction of sp³-hybridized carbons (Fsp3) is 0.304. The molecule has 0 unspecified atom stereocenters. The molecule has 0 spiro atoms. The predicted molar refractivity (Wildman–Crippen MR) is 131 cm³/mol. The Bertz CT molecular complexity index is 1600. The number of alkyl halides is 3. The van der Waals surface area contributed by atoms with E-state index < -0.39 is 46.4 Å². The van der Waals surface area contributed by atoms with Crippen LogP contribution in [-0.4, -0.2) is 46.9 Å². The number of phosphoric acid groups is 1. The fourth-order valence-corrected chi connectivity index (χ4v) is 5.29. The lowest BCUT2D eigenvalue weighted by Gasteiger charge is -2.25. The molecule has 3 aromatic rings. The second-order valence-electron chi connectivity index (χ2n) is 9.06. The summed E-state index contributed by atoms with van der Waals surface area (Å²) in [6, 6.07) is 5.67. The summed E-state index contributed by atoms with van der Waals surface area (Å²) in [7, 11) is -8.78. The monoisotopic (exact) mass is 594 g/mol.